The van der Waals surface area contributed by atoms with Crippen LogP contribution in [0.5, 0.6) is 5.75 Å². The standard InChI is InChI=1S/C26H28ClN3OS/c1-3-32-20-6-4-5-18(13-20)21-7-8-23(31-16-17-9-11-30(2)12-10-17)25-24(21)22-14-19(27)15-28-26(22)29-25/h4-8,13-15,17H,3,9-12,16H2,1-2H3,(H,28,29). The molecule has 0 aliphatic carbocycles. The maximum atomic E-state index is 6.39. The van der Waals surface area contributed by atoms with E-state index in [1.807, 2.05) is 17.8 Å². The molecule has 4 aromatic rings. The molecule has 0 saturated carbocycles. The fraction of sp³-hybridized carbons (Fsp3) is 0.346. The number of hydrogen-bond donors (Lipinski definition) is 1. The number of piperidine rings is 1. The lowest BCUT2D eigenvalue weighted by Crippen LogP contribution is -2.32. The van der Waals surface area contributed by atoms with Gasteiger partial charge < -0.3 is 14.6 Å². The number of thioether (sulfide) groups is 1. The third-order valence-corrected chi connectivity index (χ3v) is 7.39. The van der Waals surface area contributed by atoms with Crippen LogP contribution in [0.1, 0.15) is 19.8 Å². The highest BCUT2D eigenvalue weighted by molar-refractivity contribution is 7.99. The number of hydrogen-bond acceptors (Lipinski definition) is 4. The molecule has 1 fully saturated rings. The highest BCUT2D eigenvalue weighted by Crippen LogP contribution is 2.40. The van der Waals surface area contributed by atoms with Crippen LogP contribution in [-0.2, 0) is 0 Å². The van der Waals surface area contributed by atoms with Crippen LogP contribution >= 0.6 is 23.4 Å². The summed E-state index contributed by atoms with van der Waals surface area (Å²) in [5.41, 5.74) is 4.19. The van der Waals surface area contributed by atoms with Crippen molar-refractivity contribution in [3.8, 4) is 16.9 Å². The van der Waals surface area contributed by atoms with Gasteiger partial charge in [0.1, 0.15) is 11.4 Å². The molecule has 32 heavy (non-hydrogen) atoms. The quantitative estimate of drug-likeness (QED) is 0.315. The number of ether oxygens (including phenoxy) is 1. The van der Waals surface area contributed by atoms with Crippen molar-refractivity contribution in [2.24, 2.45) is 5.92 Å². The Morgan fingerprint density at radius 3 is 2.84 bits per heavy atom. The van der Waals surface area contributed by atoms with Crippen molar-refractivity contribution in [2.45, 2.75) is 24.7 Å². The summed E-state index contributed by atoms with van der Waals surface area (Å²) < 4.78 is 6.39. The molecule has 1 saturated heterocycles. The van der Waals surface area contributed by atoms with Crippen LogP contribution in [0.2, 0.25) is 5.02 Å². The lowest BCUT2D eigenvalue weighted by atomic mass is 9.98. The summed E-state index contributed by atoms with van der Waals surface area (Å²) in [7, 11) is 2.19. The van der Waals surface area contributed by atoms with Gasteiger partial charge in [0.05, 0.1) is 17.1 Å². The monoisotopic (exact) mass is 465 g/mol. The molecule has 3 heterocycles. The first-order valence-electron chi connectivity index (χ1n) is 11.3. The number of fused-ring (bicyclic) bond motifs is 3. The Morgan fingerprint density at radius 1 is 1.19 bits per heavy atom. The third-order valence-electron chi connectivity index (χ3n) is 6.30. The predicted octanol–water partition coefficient (Wildman–Crippen LogP) is 6.87. The Kier molecular flexibility index (Phi) is 6.31. The Balaban J connectivity index is 1.58. The smallest absolute Gasteiger partial charge is 0.143 e. The van der Waals surface area contributed by atoms with Gasteiger partial charge in [0.15, 0.2) is 0 Å². The Labute approximate surface area is 198 Å². The van der Waals surface area contributed by atoms with Crippen molar-refractivity contribution >= 4 is 45.3 Å². The van der Waals surface area contributed by atoms with E-state index in [2.05, 4.69) is 65.2 Å². The first-order valence-corrected chi connectivity index (χ1v) is 12.6. The lowest BCUT2D eigenvalue weighted by molar-refractivity contribution is 0.161. The maximum absolute atomic E-state index is 6.39. The first kappa shape index (κ1) is 21.6. The van der Waals surface area contributed by atoms with E-state index in [0.717, 1.165) is 53.1 Å². The Morgan fingerprint density at radius 2 is 2.03 bits per heavy atom. The number of benzene rings is 2. The number of pyridine rings is 1. The van der Waals surface area contributed by atoms with Gasteiger partial charge in [-0.15, -0.1) is 11.8 Å². The largest absolute Gasteiger partial charge is 0.491 e. The third kappa shape index (κ3) is 4.34. The average Bonchev–Trinajstić information content (AvgIpc) is 3.18. The lowest BCUT2D eigenvalue weighted by Gasteiger charge is -2.28. The molecule has 2 aromatic heterocycles. The molecule has 0 radical (unpaired) electrons. The molecule has 0 amide bonds. The van der Waals surface area contributed by atoms with Gasteiger partial charge in [-0.05, 0) is 86.1 Å². The van der Waals surface area contributed by atoms with Crippen LogP contribution < -0.4 is 4.74 Å². The molecule has 4 nitrogen and oxygen atoms in total. The zero-order valence-electron chi connectivity index (χ0n) is 18.5. The van der Waals surface area contributed by atoms with Gasteiger partial charge in [-0.1, -0.05) is 30.7 Å². The number of halogens is 1. The van der Waals surface area contributed by atoms with E-state index in [1.165, 1.54) is 28.9 Å². The van der Waals surface area contributed by atoms with Crippen LogP contribution in [0.4, 0.5) is 0 Å². The number of likely N-dealkylation sites (tertiary alicyclic amines) is 1. The molecule has 1 aliphatic heterocycles. The van der Waals surface area contributed by atoms with Crippen molar-refractivity contribution in [2.75, 3.05) is 32.5 Å². The number of nitrogens with zero attached hydrogens (tertiary/aromatic N) is 2. The van der Waals surface area contributed by atoms with Crippen molar-refractivity contribution < 1.29 is 4.74 Å². The summed E-state index contributed by atoms with van der Waals surface area (Å²) in [5.74, 6) is 2.53. The van der Waals surface area contributed by atoms with Crippen molar-refractivity contribution in [1.82, 2.24) is 14.9 Å². The molecule has 6 heteroatoms. The number of nitrogens with one attached hydrogen (secondary N) is 1. The van der Waals surface area contributed by atoms with E-state index in [4.69, 9.17) is 16.3 Å². The second-order valence-electron chi connectivity index (χ2n) is 8.55. The molecule has 0 atom stereocenters. The molecule has 0 spiro atoms. The van der Waals surface area contributed by atoms with E-state index in [1.54, 1.807) is 6.20 Å². The van der Waals surface area contributed by atoms with E-state index in [-0.39, 0.29) is 0 Å². The van der Waals surface area contributed by atoms with Crippen molar-refractivity contribution in [1.29, 1.82) is 0 Å². The molecule has 166 valence electrons. The molecule has 0 bridgehead atoms. The highest BCUT2D eigenvalue weighted by Gasteiger charge is 2.20. The molecule has 1 aliphatic rings. The van der Waals surface area contributed by atoms with Crippen LogP contribution in [0, 0.1) is 5.92 Å². The van der Waals surface area contributed by atoms with Gasteiger partial charge in [-0.25, -0.2) is 4.98 Å². The van der Waals surface area contributed by atoms with E-state index in [9.17, 15) is 0 Å². The van der Waals surface area contributed by atoms with Crippen molar-refractivity contribution in [3.63, 3.8) is 0 Å². The number of aromatic amines is 1. The minimum atomic E-state index is 0.598. The van der Waals surface area contributed by atoms with Gasteiger partial charge in [-0.3, -0.25) is 0 Å². The van der Waals surface area contributed by atoms with Gasteiger partial charge >= 0.3 is 0 Å². The van der Waals surface area contributed by atoms with Gasteiger partial charge in [0.25, 0.3) is 0 Å². The SMILES string of the molecule is CCSc1cccc(-c2ccc(OCC3CCN(C)CC3)c3[nH]c4ncc(Cl)cc4c23)c1. The Hall–Kier alpha value is -2.21. The van der Waals surface area contributed by atoms with E-state index < -0.39 is 0 Å². The summed E-state index contributed by atoms with van der Waals surface area (Å²) in [6.45, 7) is 5.21. The number of H-pyrrole nitrogens is 1. The van der Waals surface area contributed by atoms with E-state index >= 15 is 0 Å². The summed E-state index contributed by atoms with van der Waals surface area (Å²) in [6, 6.07) is 15.0. The minimum Gasteiger partial charge on any atom is -0.491 e. The minimum absolute atomic E-state index is 0.598. The topological polar surface area (TPSA) is 41.1 Å². The molecule has 5 rings (SSSR count). The van der Waals surface area contributed by atoms with E-state index in [0.29, 0.717) is 10.9 Å². The normalized spacial score (nSPS) is 15.6. The predicted molar refractivity (Wildman–Crippen MR) is 136 cm³/mol. The summed E-state index contributed by atoms with van der Waals surface area (Å²) in [5, 5.41) is 2.78. The zero-order chi connectivity index (χ0) is 22.1. The van der Waals surface area contributed by atoms with Crippen molar-refractivity contribution in [3.05, 3.63) is 53.7 Å². The zero-order valence-corrected chi connectivity index (χ0v) is 20.1. The molecule has 0 unspecified atom stereocenters. The maximum Gasteiger partial charge on any atom is 0.143 e. The second kappa shape index (κ2) is 9.34. The van der Waals surface area contributed by atoms with Crippen LogP contribution in [0.25, 0.3) is 33.1 Å². The summed E-state index contributed by atoms with van der Waals surface area (Å²) in [6.07, 6.45) is 4.06. The number of aromatic nitrogens is 2. The average molecular weight is 466 g/mol. The van der Waals surface area contributed by atoms with Gasteiger partial charge in [-0.2, -0.15) is 0 Å². The van der Waals surface area contributed by atoms with Crippen LogP contribution in [0.15, 0.2) is 53.6 Å². The van der Waals surface area contributed by atoms with Gasteiger partial charge in [0.2, 0.25) is 0 Å². The second-order valence-corrected chi connectivity index (χ2v) is 10.3. The van der Waals surface area contributed by atoms with Crippen LogP contribution in [0.3, 0.4) is 0 Å². The molecule has 1 N–H and O–H groups in total. The summed E-state index contributed by atoms with van der Waals surface area (Å²) in [4.78, 5) is 11.7. The fourth-order valence-electron chi connectivity index (χ4n) is 4.55. The first-order chi connectivity index (χ1) is 15.6. The fourth-order valence-corrected chi connectivity index (χ4v) is 5.43. The molecular weight excluding hydrogens is 438 g/mol. The molecule has 2 aromatic carbocycles. The molecular formula is C26H28ClN3OS. The summed E-state index contributed by atoms with van der Waals surface area (Å²) >= 11 is 8.20. The van der Waals surface area contributed by atoms with Gasteiger partial charge in [0, 0.05) is 21.9 Å². The van der Waals surface area contributed by atoms with Crippen LogP contribution in [-0.4, -0.2) is 47.4 Å². The highest BCUT2D eigenvalue weighted by atomic mass is 35.5. The number of rotatable bonds is 6. The Bertz CT molecular complexity index is 1250.